The SMILES string of the molecule is CCOC(=O)c1nc(-c2c(F)cccc2Br)sc1C. The van der Waals surface area contributed by atoms with E-state index in [0.717, 1.165) is 0 Å². The maximum absolute atomic E-state index is 13.8. The Morgan fingerprint density at radius 2 is 2.26 bits per heavy atom. The van der Waals surface area contributed by atoms with Crippen LogP contribution in [0.25, 0.3) is 10.6 Å². The van der Waals surface area contributed by atoms with Crippen molar-refractivity contribution in [1.29, 1.82) is 0 Å². The van der Waals surface area contributed by atoms with Crippen LogP contribution < -0.4 is 0 Å². The number of nitrogens with zero attached hydrogens (tertiary/aromatic N) is 1. The van der Waals surface area contributed by atoms with E-state index in [2.05, 4.69) is 20.9 Å². The average molecular weight is 344 g/mol. The summed E-state index contributed by atoms with van der Waals surface area (Å²) < 4.78 is 19.4. The Balaban J connectivity index is 2.48. The molecule has 2 rings (SSSR count). The summed E-state index contributed by atoms with van der Waals surface area (Å²) in [6.07, 6.45) is 0. The Morgan fingerprint density at radius 3 is 2.89 bits per heavy atom. The molecule has 1 heterocycles. The number of aryl methyl sites for hydroxylation is 1. The normalized spacial score (nSPS) is 10.5. The van der Waals surface area contributed by atoms with E-state index in [1.807, 2.05) is 0 Å². The molecule has 0 unspecified atom stereocenters. The quantitative estimate of drug-likeness (QED) is 0.784. The highest BCUT2D eigenvalue weighted by Gasteiger charge is 2.20. The van der Waals surface area contributed by atoms with Crippen LogP contribution in [0.1, 0.15) is 22.3 Å². The van der Waals surface area contributed by atoms with Gasteiger partial charge in [0, 0.05) is 9.35 Å². The van der Waals surface area contributed by atoms with Crippen molar-refractivity contribution in [1.82, 2.24) is 4.98 Å². The minimum atomic E-state index is -0.477. The number of thiazole rings is 1. The van der Waals surface area contributed by atoms with Gasteiger partial charge in [-0.25, -0.2) is 14.2 Å². The van der Waals surface area contributed by atoms with E-state index < -0.39 is 5.97 Å². The lowest BCUT2D eigenvalue weighted by Crippen LogP contribution is -2.06. The Kier molecular flexibility index (Phi) is 4.31. The predicted octanol–water partition coefficient (Wildman–Crippen LogP) is 4.20. The lowest BCUT2D eigenvalue weighted by Gasteiger charge is -2.01. The minimum absolute atomic E-state index is 0.247. The molecule has 0 atom stereocenters. The van der Waals surface area contributed by atoms with Crippen molar-refractivity contribution in [2.75, 3.05) is 6.61 Å². The lowest BCUT2D eigenvalue weighted by molar-refractivity contribution is 0.0519. The Morgan fingerprint density at radius 1 is 1.53 bits per heavy atom. The molecule has 2 aromatic rings. The zero-order valence-electron chi connectivity index (χ0n) is 10.4. The highest BCUT2D eigenvalue weighted by Crippen LogP contribution is 2.35. The summed E-state index contributed by atoms with van der Waals surface area (Å²) in [5.74, 6) is -0.853. The van der Waals surface area contributed by atoms with Crippen LogP contribution in [0.15, 0.2) is 22.7 Å². The summed E-state index contributed by atoms with van der Waals surface area (Å²) in [5, 5.41) is 0.463. The molecule has 100 valence electrons. The van der Waals surface area contributed by atoms with E-state index in [0.29, 0.717) is 19.9 Å². The Hall–Kier alpha value is -1.27. The van der Waals surface area contributed by atoms with E-state index in [1.54, 1.807) is 26.0 Å². The highest BCUT2D eigenvalue weighted by molar-refractivity contribution is 9.10. The van der Waals surface area contributed by atoms with E-state index in [4.69, 9.17) is 4.74 Å². The second-order valence-corrected chi connectivity index (χ2v) is 5.80. The molecule has 0 saturated heterocycles. The summed E-state index contributed by atoms with van der Waals surface area (Å²) in [6, 6.07) is 4.70. The molecule has 0 N–H and O–H groups in total. The second kappa shape index (κ2) is 5.79. The van der Waals surface area contributed by atoms with Crippen molar-refractivity contribution in [3.63, 3.8) is 0 Å². The predicted molar refractivity (Wildman–Crippen MR) is 75.9 cm³/mol. The summed E-state index contributed by atoms with van der Waals surface area (Å²) >= 11 is 4.56. The number of carbonyl (C=O) groups excluding carboxylic acids is 1. The van der Waals surface area contributed by atoms with Gasteiger partial charge in [-0.3, -0.25) is 0 Å². The topological polar surface area (TPSA) is 39.2 Å². The number of halogens is 2. The molecule has 0 radical (unpaired) electrons. The van der Waals surface area contributed by atoms with Gasteiger partial charge in [0.2, 0.25) is 0 Å². The lowest BCUT2D eigenvalue weighted by atomic mass is 10.2. The van der Waals surface area contributed by atoms with Crippen molar-refractivity contribution in [2.45, 2.75) is 13.8 Å². The first-order chi connectivity index (χ1) is 9.04. The first kappa shape index (κ1) is 14.1. The number of rotatable bonds is 3. The molecule has 0 amide bonds. The molecule has 0 aliphatic carbocycles. The van der Waals surface area contributed by atoms with Crippen LogP contribution in [0.4, 0.5) is 4.39 Å². The molecule has 0 aliphatic heterocycles. The van der Waals surface area contributed by atoms with Gasteiger partial charge in [-0.15, -0.1) is 11.3 Å². The van der Waals surface area contributed by atoms with Gasteiger partial charge in [0.05, 0.1) is 12.2 Å². The number of hydrogen-bond acceptors (Lipinski definition) is 4. The fourth-order valence-electron chi connectivity index (χ4n) is 1.59. The Bertz CT molecular complexity index is 607. The van der Waals surface area contributed by atoms with Crippen LogP contribution >= 0.6 is 27.3 Å². The van der Waals surface area contributed by atoms with Gasteiger partial charge in [-0.05, 0) is 41.9 Å². The van der Waals surface area contributed by atoms with E-state index in [-0.39, 0.29) is 18.1 Å². The molecule has 0 fully saturated rings. The van der Waals surface area contributed by atoms with Crippen molar-refractivity contribution in [3.05, 3.63) is 39.1 Å². The molecule has 19 heavy (non-hydrogen) atoms. The third-order valence-corrected chi connectivity index (χ3v) is 4.09. The first-order valence-electron chi connectivity index (χ1n) is 5.63. The van der Waals surface area contributed by atoms with Crippen molar-refractivity contribution >= 4 is 33.2 Å². The number of esters is 1. The van der Waals surface area contributed by atoms with Gasteiger partial charge in [0.1, 0.15) is 10.8 Å². The van der Waals surface area contributed by atoms with Crippen LogP contribution in [-0.4, -0.2) is 17.6 Å². The third kappa shape index (κ3) is 2.84. The van der Waals surface area contributed by atoms with E-state index >= 15 is 0 Å². The number of carbonyl (C=O) groups is 1. The molecule has 1 aromatic heterocycles. The molecule has 6 heteroatoms. The minimum Gasteiger partial charge on any atom is -0.461 e. The summed E-state index contributed by atoms with van der Waals surface area (Å²) in [6.45, 7) is 3.78. The molecule has 1 aromatic carbocycles. The molecule has 0 spiro atoms. The summed E-state index contributed by atoms with van der Waals surface area (Å²) in [7, 11) is 0. The van der Waals surface area contributed by atoms with Gasteiger partial charge in [-0.2, -0.15) is 0 Å². The number of hydrogen-bond donors (Lipinski definition) is 0. The largest absolute Gasteiger partial charge is 0.461 e. The fourth-order valence-corrected chi connectivity index (χ4v) is 3.22. The summed E-state index contributed by atoms with van der Waals surface area (Å²) in [4.78, 5) is 16.6. The summed E-state index contributed by atoms with van der Waals surface area (Å²) in [5.41, 5.74) is 0.614. The molecule has 3 nitrogen and oxygen atoms in total. The zero-order chi connectivity index (χ0) is 14.0. The number of benzene rings is 1. The molecule has 0 bridgehead atoms. The second-order valence-electron chi connectivity index (χ2n) is 3.74. The van der Waals surface area contributed by atoms with Crippen LogP contribution in [0.5, 0.6) is 0 Å². The standard InChI is InChI=1S/C13H11BrFNO2S/c1-3-18-13(17)11-7(2)19-12(16-11)10-8(14)5-4-6-9(10)15/h4-6H,3H2,1-2H3. The number of ether oxygens (including phenoxy) is 1. The van der Waals surface area contributed by atoms with Gasteiger partial charge in [-0.1, -0.05) is 6.07 Å². The van der Waals surface area contributed by atoms with E-state index in [1.165, 1.54) is 17.4 Å². The van der Waals surface area contributed by atoms with Crippen molar-refractivity contribution < 1.29 is 13.9 Å². The van der Waals surface area contributed by atoms with Gasteiger partial charge < -0.3 is 4.74 Å². The molecular weight excluding hydrogens is 333 g/mol. The third-order valence-electron chi connectivity index (χ3n) is 2.44. The van der Waals surface area contributed by atoms with Crippen LogP contribution in [0.3, 0.4) is 0 Å². The maximum atomic E-state index is 13.8. The monoisotopic (exact) mass is 343 g/mol. The fraction of sp³-hybridized carbons (Fsp3) is 0.231. The molecular formula is C13H11BrFNO2S. The first-order valence-corrected chi connectivity index (χ1v) is 7.24. The van der Waals surface area contributed by atoms with Crippen LogP contribution in [-0.2, 0) is 4.74 Å². The van der Waals surface area contributed by atoms with Gasteiger partial charge >= 0.3 is 5.97 Å². The van der Waals surface area contributed by atoms with Crippen LogP contribution in [0, 0.1) is 12.7 Å². The maximum Gasteiger partial charge on any atom is 0.358 e. The van der Waals surface area contributed by atoms with Gasteiger partial charge in [0.15, 0.2) is 5.69 Å². The molecule has 0 aliphatic rings. The van der Waals surface area contributed by atoms with Crippen molar-refractivity contribution in [3.8, 4) is 10.6 Å². The smallest absolute Gasteiger partial charge is 0.358 e. The molecule has 0 saturated carbocycles. The van der Waals surface area contributed by atoms with Crippen molar-refractivity contribution in [2.24, 2.45) is 0 Å². The number of aromatic nitrogens is 1. The average Bonchev–Trinajstić information content (AvgIpc) is 2.71. The van der Waals surface area contributed by atoms with Crippen LogP contribution in [0.2, 0.25) is 0 Å². The van der Waals surface area contributed by atoms with E-state index in [9.17, 15) is 9.18 Å². The highest BCUT2D eigenvalue weighted by atomic mass is 79.9. The zero-order valence-corrected chi connectivity index (χ0v) is 12.8. The Labute approximate surface area is 122 Å². The van der Waals surface area contributed by atoms with Gasteiger partial charge in [0.25, 0.3) is 0 Å².